The molecule has 1 aliphatic carbocycles. The summed E-state index contributed by atoms with van der Waals surface area (Å²) < 4.78 is 10.8. The number of hydrogen-bond acceptors (Lipinski definition) is 4. The smallest absolute Gasteiger partial charge is 0.142 e. The highest BCUT2D eigenvalue weighted by atomic mass is 16.5. The molecule has 0 aliphatic heterocycles. The van der Waals surface area contributed by atoms with Gasteiger partial charge in [-0.25, -0.2) is 0 Å². The molecule has 0 bridgehead atoms. The van der Waals surface area contributed by atoms with E-state index in [2.05, 4.69) is 5.32 Å². The van der Waals surface area contributed by atoms with E-state index in [0.717, 1.165) is 35.6 Å². The van der Waals surface area contributed by atoms with Gasteiger partial charge in [-0.1, -0.05) is 0 Å². The summed E-state index contributed by atoms with van der Waals surface area (Å²) in [5, 5.41) is 3.48. The van der Waals surface area contributed by atoms with Gasteiger partial charge in [0.05, 0.1) is 19.9 Å². The average Bonchev–Trinajstić information content (AvgIpc) is 2.76. The van der Waals surface area contributed by atoms with Crippen LogP contribution in [-0.2, 0) is 0 Å². The third-order valence-corrected chi connectivity index (χ3v) is 3.63. The van der Waals surface area contributed by atoms with Gasteiger partial charge in [0.15, 0.2) is 0 Å². The minimum absolute atomic E-state index is 0.224. The fourth-order valence-corrected chi connectivity index (χ4v) is 2.53. The molecule has 1 aromatic carbocycles. The zero-order valence-corrected chi connectivity index (χ0v) is 11.3. The third kappa shape index (κ3) is 2.53. The highest BCUT2D eigenvalue weighted by Gasteiger charge is 2.24. The van der Waals surface area contributed by atoms with Crippen molar-refractivity contribution in [1.82, 2.24) is 0 Å². The second kappa shape index (κ2) is 5.48. The number of rotatable bonds is 4. The minimum atomic E-state index is 0.224. The van der Waals surface area contributed by atoms with Gasteiger partial charge in [0.25, 0.3) is 0 Å². The zero-order valence-electron chi connectivity index (χ0n) is 11.3. The molecule has 0 heterocycles. The first-order valence-corrected chi connectivity index (χ1v) is 6.40. The largest absolute Gasteiger partial charge is 0.496 e. The highest BCUT2D eigenvalue weighted by molar-refractivity contribution is 5.62. The number of nitrogens with two attached hydrogens (primary N) is 1. The van der Waals surface area contributed by atoms with Crippen molar-refractivity contribution in [3.05, 3.63) is 17.7 Å². The molecule has 2 unspecified atom stereocenters. The minimum Gasteiger partial charge on any atom is -0.496 e. The van der Waals surface area contributed by atoms with Crippen LogP contribution in [0.1, 0.15) is 24.8 Å². The van der Waals surface area contributed by atoms with Crippen LogP contribution in [0.2, 0.25) is 0 Å². The summed E-state index contributed by atoms with van der Waals surface area (Å²) in [6, 6.07) is 4.52. The topological polar surface area (TPSA) is 56.5 Å². The molecule has 18 heavy (non-hydrogen) atoms. The Kier molecular flexibility index (Phi) is 3.97. The van der Waals surface area contributed by atoms with Crippen LogP contribution in [0.5, 0.6) is 11.5 Å². The second-order valence-corrected chi connectivity index (χ2v) is 4.87. The van der Waals surface area contributed by atoms with Crippen molar-refractivity contribution in [3.63, 3.8) is 0 Å². The van der Waals surface area contributed by atoms with Gasteiger partial charge >= 0.3 is 0 Å². The van der Waals surface area contributed by atoms with Gasteiger partial charge in [-0.2, -0.15) is 0 Å². The molecule has 0 amide bonds. The monoisotopic (exact) mass is 250 g/mol. The Bertz CT molecular complexity index is 421. The lowest BCUT2D eigenvalue weighted by Crippen LogP contribution is -2.35. The fourth-order valence-electron chi connectivity index (χ4n) is 2.53. The van der Waals surface area contributed by atoms with Crippen molar-refractivity contribution in [1.29, 1.82) is 0 Å². The predicted molar refractivity (Wildman–Crippen MR) is 73.5 cm³/mol. The number of methoxy groups -OCH3 is 2. The normalized spacial score (nSPS) is 22.9. The van der Waals surface area contributed by atoms with E-state index < -0.39 is 0 Å². The molecular weight excluding hydrogens is 228 g/mol. The lowest BCUT2D eigenvalue weighted by Gasteiger charge is -2.21. The van der Waals surface area contributed by atoms with E-state index in [9.17, 15) is 0 Å². The van der Waals surface area contributed by atoms with Gasteiger partial charge in [-0.15, -0.1) is 0 Å². The lowest BCUT2D eigenvalue weighted by atomic mass is 10.1. The van der Waals surface area contributed by atoms with Gasteiger partial charge in [0.1, 0.15) is 11.5 Å². The molecule has 4 nitrogen and oxygen atoms in total. The maximum absolute atomic E-state index is 6.08. The summed E-state index contributed by atoms with van der Waals surface area (Å²) in [7, 11) is 3.36. The maximum Gasteiger partial charge on any atom is 0.142 e. The molecule has 0 saturated heterocycles. The van der Waals surface area contributed by atoms with E-state index in [1.165, 1.54) is 6.42 Å². The van der Waals surface area contributed by atoms with Crippen molar-refractivity contribution < 1.29 is 9.47 Å². The predicted octanol–water partition coefficient (Wildman–Crippen LogP) is 2.30. The number of aryl methyl sites for hydroxylation is 1. The van der Waals surface area contributed by atoms with E-state index in [1.807, 2.05) is 19.1 Å². The first-order chi connectivity index (χ1) is 8.65. The zero-order chi connectivity index (χ0) is 13.1. The molecule has 0 spiro atoms. The van der Waals surface area contributed by atoms with Crippen molar-refractivity contribution in [2.24, 2.45) is 5.73 Å². The van der Waals surface area contributed by atoms with E-state index in [4.69, 9.17) is 15.2 Å². The van der Waals surface area contributed by atoms with Crippen LogP contribution in [0.4, 0.5) is 5.69 Å². The van der Waals surface area contributed by atoms with E-state index in [-0.39, 0.29) is 6.04 Å². The van der Waals surface area contributed by atoms with Crippen LogP contribution < -0.4 is 20.5 Å². The van der Waals surface area contributed by atoms with Crippen LogP contribution in [0.3, 0.4) is 0 Å². The Balaban J connectivity index is 2.24. The molecule has 1 aliphatic rings. The molecule has 3 N–H and O–H groups in total. The summed E-state index contributed by atoms with van der Waals surface area (Å²) in [5.41, 5.74) is 8.11. The summed E-state index contributed by atoms with van der Waals surface area (Å²) >= 11 is 0. The third-order valence-electron chi connectivity index (χ3n) is 3.63. The molecule has 0 radical (unpaired) electrons. The molecule has 2 atom stereocenters. The second-order valence-electron chi connectivity index (χ2n) is 4.87. The van der Waals surface area contributed by atoms with Gasteiger partial charge in [0, 0.05) is 18.2 Å². The van der Waals surface area contributed by atoms with Crippen LogP contribution in [0, 0.1) is 6.92 Å². The Morgan fingerprint density at radius 3 is 2.44 bits per heavy atom. The first kappa shape index (κ1) is 13.0. The van der Waals surface area contributed by atoms with Crippen LogP contribution in [0.25, 0.3) is 0 Å². The number of nitrogens with one attached hydrogen (secondary N) is 1. The van der Waals surface area contributed by atoms with E-state index >= 15 is 0 Å². The molecule has 1 fully saturated rings. The van der Waals surface area contributed by atoms with Crippen LogP contribution in [0.15, 0.2) is 12.1 Å². The Morgan fingerprint density at radius 1 is 1.17 bits per heavy atom. The Morgan fingerprint density at radius 2 is 1.89 bits per heavy atom. The van der Waals surface area contributed by atoms with Crippen molar-refractivity contribution >= 4 is 5.69 Å². The summed E-state index contributed by atoms with van der Waals surface area (Å²) in [6.45, 7) is 2.01. The van der Waals surface area contributed by atoms with Gasteiger partial charge < -0.3 is 20.5 Å². The highest BCUT2D eigenvalue weighted by Crippen LogP contribution is 2.34. The van der Waals surface area contributed by atoms with Gasteiger partial charge in [-0.3, -0.25) is 0 Å². The fraction of sp³-hybridized carbons (Fsp3) is 0.571. The SMILES string of the molecule is COc1cc(NC2CCCC2N)c(OC)cc1C. The number of anilines is 1. The molecule has 0 aromatic heterocycles. The average molecular weight is 250 g/mol. The van der Waals surface area contributed by atoms with Crippen LogP contribution in [-0.4, -0.2) is 26.3 Å². The van der Waals surface area contributed by atoms with Crippen molar-refractivity contribution in [3.8, 4) is 11.5 Å². The van der Waals surface area contributed by atoms with Crippen LogP contribution >= 0.6 is 0 Å². The Labute approximate surface area is 108 Å². The molecule has 1 saturated carbocycles. The number of hydrogen-bond donors (Lipinski definition) is 2. The van der Waals surface area contributed by atoms with Gasteiger partial charge in [-0.05, 0) is 37.8 Å². The number of ether oxygens (including phenoxy) is 2. The van der Waals surface area contributed by atoms with E-state index in [0.29, 0.717) is 6.04 Å². The maximum atomic E-state index is 6.08. The molecular formula is C14H22N2O2. The standard InChI is InChI=1S/C14H22N2O2/c1-9-7-14(18-3)12(8-13(9)17-2)16-11-6-4-5-10(11)15/h7-8,10-11,16H,4-6,15H2,1-3H3. The van der Waals surface area contributed by atoms with E-state index in [1.54, 1.807) is 14.2 Å². The molecule has 4 heteroatoms. The van der Waals surface area contributed by atoms with Gasteiger partial charge in [0.2, 0.25) is 0 Å². The first-order valence-electron chi connectivity index (χ1n) is 6.40. The molecule has 2 rings (SSSR count). The van der Waals surface area contributed by atoms with Crippen molar-refractivity contribution in [2.75, 3.05) is 19.5 Å². The molecule has 100 valence electrons. The summed E-state index contributed by atoms with van der Waals surface area (Å²) in [5.74, 6) is 1.71. The Hall–Kier alpha value is -1.42. The number of benzene rings is 1. The summed E-state index contributed by atoms with van der Waals surface area (Å²) in [4.78, 5) is 0. The summed E-state index contributed by atoms with van der Waals surface area (Å²) in [6.07, 6.45) is 3.38. The lowest BCUT2D eigenvalue weighted by molar-refractivity contribution is 0.401. The van der Waals surface area contributed by atoms with Crippen molar-refractivity contribution in [2.45, 2.75) is 38.3 Å². The molecule has 1 aromatic rings. The quantitative estimate of drug-likeness (QED) is 0.861.